The highest BCUT2D eigenvalue weighted by atomic mass is 16.2. The number of carbonyl (C=O) groups is 3. The van der Waals surface area contributed by atoms with E-state index in [9.17, 15) is 14.4 Å². The number of unbranched alkanes of at least 4 members (excludes halogenated alkanes) is 2. The number of imide groups is 1. The number of carbonyl (C=O) groups excluding carboxylic acids is 3. The lowest BCUT2D eigenvalue weighted by molar-refractivity contribution is -0.136. The van der Waals surface area contributed by atoms with Crippen molar-refractivity contribution in [2.24, 2.45) is 0 Å². The third-order valence-corrected chi connectivity index (χ3v) is 4.03. The summed E-state index contributed by atoms with van der Waals surface area (Å²) in [6, 6.07) is 0. The first-order chi connectivity index (χ1) is 10.7. The average molecular weight is 304 g/mol. The molecule has 0 saturated heterocycles. The van der Waals surface area contributed by atoms with E-state index in [1.165, 1.54) is 29.9 Å². The van der Waals surface area contributed by atoms with Crippen molar-refractivity contribution < 1.29 is 14.4 Å². The minimum absolute atomic E-state index is 0.0724. The Bertz CT molecular complexity index is 476. The van der Waals surface area contributed by atoms with Crippen molar-refractivity contribution in [2.75, 3.05) is 6.54 Å². The smallest absolute Gasteiger partial charge is 0.253 e. The molecule has 3 amide bonds. The van der Waals surface area contributed by atoms with Crippen molar-refractivity contribution in [2.45, 2.75) is 57.8 Å². The van der Waals surface area contributed by atoms with Crippen molar-refractivity contribution >= 4 is 17.7 Å². The summed E-state index contributed by atoms with van der Waals surface area (Å²) in [4.78, 5) is 35.8. The lowest BCUT2D eigenvalue weighted by Crippen LogP contribution is -2.30. The largest absolute Gasteiger partial charge is 0.330 e. The van der Waals surface area contributed by atoms with Gasteiger partial charge in [-0.15, -0.1) is 0 Å². The van der Waals surface area contributed by atoms with E-state index in [4.69, 9.17) is 0 Å². The third kappa shape index (κ3) is 5.13. The molecule has 0 atom stereocenters. The number of amides is 3. The molecule has 120 valence electrons. The predicted molar refractivity (Wildman–Crippen MR) is 83.6 cm³/mol. The van der Waals surface area contributed by atoms with Gasteiger partial charge in [0.05, 0.1) is 0 Å². The maximum atomic E-state index is 11.9. The SMILES string of the molecule is O=C(CCCCCN1C(=O)C=CC1=O)NC1=CCCCCC1. The highest BCUT2D eigenvalue weighted by Crippen LogP contribution is 2.15. The Balaban J connectivity index is 1.56. The van der Waals surface area contributed by atoms with Gasteiger partial charge in [0, 0.05) is 30.8 Å². The van der Waals surface area contributed by atoms with Crippen LogP contribution in [0.5, 0.6) is 0 Å². The zero-order chi connectivity index (χ0) is 15.8. The first-order valence-electron chi connectivity index (χ1n) is 8.19. The number of rotatable bonds is 7. The summed E-state index contributed by atoms with van der Waals surface area (Å²) in [5.41, 5.74) is 1.07. The lowest BCUT2D eigenvalue weighted by atomic mass is 10.1. The van der Waals surface area contributed by atoms with Crippen LogP contribution in [-0.2, 0) is 14.4 Å². The van der Waals surface area contributed by atoms with E-state index in [1.807, 2.05) is 0 Å². The highest BCUT2D eigenvalue weighted by molar-refractivity contribution is 6.12. The molecule has 0 aromatic carbocycles. The van der Waals surface area contributed by atoms with E-state index in [-0.39, 0.29) is 17.7 Å². The van der Waals surface area contributed by atoms with Gasteiger partial charge < -0.3 is 5.32 Å². The van der Waals surface area contributed by atoms with Crippen LogP contribution in [0, 0.1) is 0 Å². The van der Waals surface area contributed by atoms with Gasteiger partial charge in [-0.05, 0) is 38.5 Å². The van der Waals surface area contributed by atoms with Crippen molar-refractivity contribution in [3.63, 3.8) is 0 Å². The Labute approximate surface area is 131 Å². The first-order valence-corrected chi connectivity index (χ1v) is 8.19. The van der Waals surface area contributed by atoms with Gasteiger partial charge in [0.1, 0.15) is 0 Å². The van der Waals surface area contributed by atoms with Gasteiger partial charge in [-0.2, -0.15) is 0 Å². The normalized spacial score (nSPS) is 18.4. The molecule has 2 rings (SSSR count). The molecule has 22 heavy (non-hydrogen) atoms. The molecule has 1 heterocycles. The number of nitrogens with zero attached hydrogens (tertiary/aromatic N) is 1. The molecule has 0 aromatic rings. The van der Waals surface area contributed by atoms with E-state index in [2.05, 4.69) is 11.4 Å². The summed E-state index contributed by atoms with van der Waals surface area (Å²) >= 11 is 0. The van der Waals surface area contributed by atoms with Gasteiger partial charge in [-0.25, -0.2) is 0 Å². The molecule has 1 N–H and O–H groups in total. The summed E-state index contributed by atoms with van der Waals surface area (Å²) in [5, 5.41) is 3.00. The second-order valence-electron chi connectivity index (χ2n) is 5.85. The third-order valence-electron chi connectivity index (χ3n) is 4.03. The van der Waals surface area contributed by atoms with Crippen LogP contribution in [0.2, 0.25) is 0 Å². The molecule has 0 unspecified atom stereocenters. The fourth-order valence-electron chi connectivity index (χ4n) is 2.75. The molecule has 0 bridgehead atoms. The van der Waals surface area contributed by atoms with Crippen molar-refractivity contribution in [1.29, 1.82) is 0 Å². The monoisotopic (exact) mass is 304 g/mol. The molecular formula is C17H24N2O3. The van der Waals surface area contributed by atoms with Gasteiger partial charge in [0.15, 0.2) is 0 Å². The molecule has 0 spiro atoms. The Kier molecular flexibility index (Phi) is 6.37. The first kappa shape index (κ1) is 16.5. The Morgan fingerprint density at radius 2 is 1.82 bits per heavy atom. The second-order valence-corrected chi connectivity index (χ2v) is 5.85. The van der Waals surface area contributed by atoms with Gasteiger partial charge in [0.2, 0.25) is 5.91 Å². The van der Waals surface area contributed by atoms with Crippen LogP contribution in [0.1, 0.15) is 57.8 Å². The van der Waals surface area contributed by atoms with Gasteiger partial charge in [-0.1, -0.05) is 18.9 Å². The minimum atomic E-state index is -0.233. The average Bonchev–Trinajstić information content (AvgIpc) is 2.70. The van der Waals surface area contributed by atoms with Crippen molar-refractivity contribution in [3.8, 4) is 0 Å². The molecule has 0 radical (unpaired) electrons. The summed E-state index contributed by atoms with van der Waals surface area (Å²) in [6.45, 7) is 0.442. The minimum Gasteiger partial charge on any atom is -0.330 e. The van der Waals surface area contributed by atoms with Crippen LogP contribution in [0.3, 0.4) is 0 Å². The molecule has 2 aliphatic rings. The molecule has 1 aliphatic carbocycles. The number of nitrogens with one attached hydrogen (secondary N) is 1. The zero-order valence-electron chi connectivity index (χ0n) is 13.0. The van der Waals surface area contributed by atoms with E-state index in [0.717, 1.165) is 44.2 Å². The van der Waals surface area contributed by atoms with Crippen molar-refractivity contribution in [1.82, 2.24) is 10.2 Å². The summed E-state index contributed by atoms with van der Waals surface area (Å²) in [5.74, 6) is -0.394. The Hall–Kier alpha value is -1.91. The van der Waals surface area contributed by atoms with Crippen LogP contribution in [-0.4, -0.2) is 29.2 Å². The Morgan fingerprint density at radius 3 is 2.59 bits per heavy atom. The van der Waals surface area contributed by atoms with Crippen molar-refractivity contribution in [3.05, 3.63) is 23.9 Å². The summed E-state index contributed by atoms with van der Waals surface area (Å²) in [7, 11) is 0. The fourth-order valence-corrected chi connectivity index (χ4v) is 2.75. The van der Waals surface area contributed by atoms with Crippen LogP contribution in [0.25, 0.3) is 0 Å². The molecule has 5 nitrogen and oxygen atoms in total. The van der Waals surface area contributed by atoms with Gasteiger partial charge >= 0.3 is 0 Å². The fraction of sp³-hybridized carbons (Fsp3) is 0.588. The molecule has 1 aliphatic heterocycles. The number of hydrogen-bond donors (Lipinski definition) is 1. The lowest BCUT2D eigenvalue weighted by Gasteiger charge is -2.13. The zero-order valence-corrected chi connectivity index (χ0v) is 13.0. The van der Waals surface area contributed by atoms with Gasteiger partial charge in [-0.3, -0.25) is 19.3 Å². The topological polar surface area (TPSA) is 66.5 Å². The predicted octanol–water partition coefficient (Wildman–Crippen LogP) is 2.44. The molecule has 0 fully saturated rings. The van der Waals surface area contributed by atoms with Gasteiger partial charge in [0.25, 0.3) is 11.8 Å². The summed E-state index contributed by atoms with van der Waals surface area (Å²) < 4.78 is 0. The van der Waals surface area contributed by atoms with Crippen LogP contribution in [0.4, 0.5) is 0 Å². The van der Waals surface area contributed by atoms with E-state index >= 15 is 0 Å². The van der Waals surface area contributed by atoms with Crippen LogP contribution in [0.15, 0.2) is 23.9 Å². The second kappa shape index (κ2) is 8.51. The molecular weight excluding hydrogens is 280 g/mol. The Morgan fingerprint density at radius 1 is 1.05 bits per heavy atom. The number of hydrogen-bond acceptors (Lipinski definition) is 3. The summed E-state index contributed by atoms with van der Waals surface area (Å²) in [6.07, 6.45) is 13.2. The van der Waals surface area contributed by atoms with E-state index in [1.54, 1.807) is 0 Å². The van der Waals surface area contributed by atoms with E-state index < -0.39 is 0 Å². The maximum Gasteiger partial charge on any atom is 0.253 e. The molecule has 5 heteroatoms. The number of allylic oxidation sites excluding steroid dienone is 2. The highest BCUT2D eigenvalue weighted by Gasteiger charge is 2.22. The van der Waals surface area contributed by atoms with Crippen LogP contribution >= 0.6 is 0 Å². The molecule has 0 aromatic heterocycles. The standard InChI is InChI=1S/C17H24N2O3/c20-15(18-14-8-4-1-2-5-9-14)10-6-3-7-13-19-16(21)11-12-17(19)22/h8,11-12H,1-7,9-10,13H2,(H,18,20). The maximum absolute atomic E-state index is 11.9. The quantitative estimate of drug-likeness (QED) is 0.580. The van der Waals surface area contributed by atoms with Crippen LogP contribution < -0.4 is 5.32 Å². The van der Waals surface area contributed by atoms with E-state index in [0.29, 0.717) is 13.0 Å². The molecule has 0 saturated carbocycles.